The van der Waals surface area contributed by atoms with Crippen LogP contribution in [0.1, 0.15) is 103 Å². The third kappa shape index (κ3) is 4.97. The second-order valence-electron chi connectivity index (χ2n) is 11.6. The van der Waals surface area contributed by atoms with Gasteiger partial charge in [0, 0.05) is 22.7 Å². The second-order valence-corrected chi connectivity index (χ2v) is 11.6. The number of aliphatic hydroxyl groups excluding tert-OH is 1. The lowest BCUT2D eigenvalue weighted by atomic mass is 9.71. The molecule has 38 heavy (non-hydrogen) atoms. The van der Waals surface area contributed by atoms with Crippen molar-refractivity contribution in [2.75, 3.05) is 0 Å². The molecular formula is C31H32F5NO. The van der Waals surface area contributed by atoms with Crippen molar-refractivity contribution >= 4 is 0 Å². The van der Waals surface area contributed by atoms with Crippen LogP contribution in [0.4, 0.5) is 22.0 Å². The van der Waals surface area contributed by atoms with Crippen LogP contribution >= 0.6 is 0 Å². The zero-order chi connectivity index (χ0) is 27.4. The summed E-state index contributed by atoms with van der Waals surface area (Å²) in [7, 11) is 0. The Morgan fingerprint density at radius 3 is 2.29 bits per heavy atom. The Hall–Kier alpha value is -2.80. The van der Waals surface area contributed by atoms with E-state index in [0.29, 0.717) is 40.8 Å². The standard InChI is InChI=1S/C31H32F5NO/c1-17-14-21(32)12-13-22(17)25-26-23(15-30(2,3)16-24(26)38)37-29(19-6-4-5-7-19)27(25)28(33)18-8-10-20(11-9-18)31(34,35)36/h8-14,19,24,28,38H,4-7,15-16H2,1-3H3. The number of fused-ring (bicyclic) bond motifs is 1. The van der Waals surface area contributed by atoms with Gasteiger partial charge < -0.3 is 5.11 Å². The van der Waals surface area contributed by atoms with Gasteiger partial charge >= 0.3 is 6.18 Å². The molecule has 0 radical (unpaired) electrons. The molecule has 3 aromatic rings. The number of rotatable bonds is 4. The van der Waals surface area contributed by atoms with Crippen molar-refractivity contribution < 1.29 is 27.1 Å². The van der Waals surface area contributed by atoms with Gasteiger partial charge in [-0.25, -0.2) is 8.78 Å². The molecule has 1 saturated carbocycles. The number of alkyl halides is 4. The average Bonchev–Trinajstić information content (AvgIpc) is 3.36. The van der Waals surface area contributed by atoms with Gasteiger partial charge in [-0.05, 0) is 84.5 Å². The summed E-state index contributed by atoms with van der Waals surface area (Å²) in [6.45, 7) is 5.87. The van der Waals surface area contributed by atoms with E-state index >= 15 is 4.39 Å². The number of nitrogens with zero attached hydrogens (tertiary/aromatic N) is 1. The van der Waals surface area contributed by atoms with Crippen molar-refractivity contribution in [1.29, 1.82) is 0 Å². The molecule has 2 aromatic carbocycles. The molecule has 1 aromatic heterocycles. The minimum atomic E-state index is -4.53. The Morgan fingerprint density at radius 2 is 1.68 bits per heavy atom. The van der Waals surface area contributed by atoms with Crippen LogP contribution in [0.15, 0.2) is 42.5 Å². The van der Waals surface area contributed by atoms with Crippen molar-refractivity contribution in [3.05, 3.63) is 87.5 Å². The molecule has 1 fully saturated rings. The zero-order valence-electron chi connectivity index (χ0n) is 21.8. The van der Waals surface area contributed by atoms with Crippen molar-refractivity contribution in [1.82, 2.24) is 4.98 Å². The van der Waals surface area contributed by atoms with Crippen molar-refractivity contribution in [3.63, 3.8) is 0 Å². The maximum Gasteiger partial charge on any atom is 0.416 e. The lowest BCUT2D eigenvalue weighted by Gasteiger charge is -2.37. The molecule has 7 heteroatoms. The highest BCUT2D eigenvalue weighted by Gasteiger charge is 2.39. The maximum atomic E-state index is 16.7. The third-order valence-electron chi connectivity index (χ3n) is 8.09. The van der Waals surface area contributed by atoms with Gasteiger partial charge in [-0.1, -0.05) is 44.9 Å². The molecule has 2 unspecified atom stereocenters. The number of benzene rings is 2. The van der Waals surface area contributed by atoms with Gasteiger partial charge in [0.1, 0.15) is 5.82 Å². The normalized spacial score (nSPS) is 20.4. The molecular weight excluding hydrogens is 497 g/mol. The molecule has 0 aliphatic heterocycles. The van der Waals surface area contributed by atoms with Crippen LogP contribution in [0.2, 0.25) is 0 Å². The number of hydrogen-bond donors (Lipinski definition) is 1. The van der Waals surface area contributed by atoms with Gasteiger partial charge in [0.2, 0.25) is 0 Å². The molecule has 5 rings (SSSR count). The van der Waals surface area contributed by atoms with Gasteiger partial charge in [0.15, 0.2) is 6.17 Å². The number of halogens is 5. The summed E-state index contributed by atoms with van der Waals surface area (Å²) in [5, 5.41) is 11.4. The fraction of sp³-hybridized carbons (Fsp3) is 0.452. The SMILES string of the molecule is Cc1cc(F)ccc1-c1c2c(nc(C3CCCC3)c1C(F)c1ccc(C(F)(F)F)cc1)CC(C)(C)CC2O. The molecule has 2 atom stereocenters. The maximum absolute atomic E-state index is 16.7. The van der Waals surface area contributed by atoms with Crippen LogP contribution in [0.3, 0.4) is 0 Å². The lowest BCUT2D eigenvalue weighted by molar-refractivity contribution is -0.137. The molecule has 2 aliphatic rings. The quantitative estimate of drug-likeness (QED) is 0.342. The van der Waals surface area contributed by atoms with Crippen LogP contribution < -0.4 is 0 Å². The van der Waals surface area contributed by atoms with Gasteiger partial charge in [0.05, 0.1) is 17.4 Å². The highest BCUT2D eigenvalue weighted by molar-refractivity contribution is 5.77. The van der Waals surface area contributed by atoms with E-state index in [1.165, 1.54) is 24.3 Å². The van der Waals surface area contributed by atoms with E-state index in [-0.39, 0.29) is 22.5 Å². The summed E-state index contributed by atoms with van der Waals surface area (Å²) in [4.78, 5) is 5.02. The number of pyridine rings is 1. The lowest BCUT2D eigenvalue weighted by Crippen LogP contribution is -2.29. The summed E-state index contributed by atoms with van der Waals surface area (Å²) in [5.41, 5.74) is 2.88. The van der Waals surface area contributed by atoms with Gasteiger partial charge in [-0.2, -0.15) is 13.2 Å². The number of aliphatic hydroxyl groups is 1. The first-order valence-electron chi connectivity index (χ1n) is 13.2. The van der Waals surface area contributed by atoms with Gasteiger partial charge in [0.25, 0.3) is 0 Å². The van der Waals surface area contributed by atoms with Crippen molar-refractivity contribution in [2.24, 2.45) is 5.41 Å². The summed E-state index contributed by atoms with van der Waals surface area (Å²) < 4.78 is 70.5. The van der Waals surface area contributed by atoms with E-state index in [0.717, 1.165) is 43.5 Å². The number of hydrogen-bond acceptors (Lipinski definition) is 2. The first-order chi connectivity index (χ1) is 17.9. The first-order valence-corrected chi connectivity index (χ1v) is 13.2. The predicted octanol–water partition coefficient (Wildman–Crippen LogP) is 8.94. The second kappa shape index (κ2) is 9.74. The van der Waals surface area contributed by atoms with Gasteiger partial charge in [-0.15, -0.1) is 0 Å². The molecule has 202 valence electrons. The zero-order valence-corrected chi connectivity index (χ0v) is 21.8. The topological polar surface area (TPSA) is 33.1 Å². The van der Waals surface area contributed by atoms with E-state index in [2.05, 4.69) is 13.8 Å². The van der Waals surface area contributed by atoms with Crippen LogP contribution in [-0.4, -0.2) is 10.1 Å². The summed E-state index contributed by atoms with van der Waals surface area (Å²) in [5.74, 6) is -0.419. The minimum Gasteiger partial charge on any atom is -0.388 e. The van der Waals surface area contributed by atoms with E-state index in [1.54, 1.807) is 13.0 Å². The van der Waals surface area contributed by atoms with Crippen molar-refractivity contribution in [2.45, 2.75) is 83.7 Å². The Labute approximate surface area is 219 Å². The largest absolute Gasteiger partial charge is 0.416 e. The van der Waals surface area contributed by atoms with E-state index in [1.807, 2.05) is 0 Å². The monoisotopic (exact) mass is 529 g/mol. The summed E-state index contributed by atoms with van der Waals surface area (Å²) >= 11 is 0. The fourth-order valence-corrected chi connectivity index (χ4v) is 6.30. The molecule has 0 spiro atoms. The summed E-state index contributed by atoms with van der Waals surface area (Å²) in [6.07, 6.45) is -2.50. The molecule has 2 aliphatic carbocycles. The molecule has 2 nitrogen and oxygen atoms in total. The Kier molecular flexibility index (Phi) is 6.87. The fourth-order valence-electron chi connectivity index (χ4n) is 6.30. The molecule has 1 N–H and O–H groups in total. The highest BCUT2D eigenvalue weighted by atomic mass is 19.4. The highest BCUT2D eigenvalue weighted by Crippen LogP contribution is 2.51. The third-order valence-corrected chi connectivity index (χ3v) is 8.09. The Bertz CT molecular complexity index is 1340. The van der Waals surface area contributed by atoms with E-state index in [4.69, 9.17) is 4.98 Å². The summed E-state index contributed by atoms with van der Waals surface area (Å²) in [6, 6.07) is 8.43. The smallest absolute Gasteiger partial charge is 0.388 e. The Balaban J connectivity index is 1.80. The van der Waals surface area contributed by atoms with Crippen LogP contribution in [0, 0.1) is 18.2 Å². The Morgan fingerprint density at radius 1 is 1.03 bits per heavy atom. The van der Waals surface area contributed by atoms with Gasteiger partial charge in [-0.3, -0.25) is 4.98 Å². The molecule has 0 saturated heterocycles. The number of aromatic nitrogens is 1. The molecule has 0 bridgehead atoms. The van der Waals surface area contributed by atoms with E-state index < -0.39 is 29.8 Å². The average molecular weight is 530 g/mol. The van der Waals surface area contributed by atoms with Crippen LogP contribution in [-0.2, 0) is 12.6 Å². The van der Waals surface area contributed by atoms with Crippen LogP contribution in [0.25, 0.3) is 11.1 Å². The first kappa shape index (κ1) is 26.8. The minimum absolute atomic E-state index is 0.00434. The predicted molar refractivity (Wildman–Crippen MR) is 137 cm³/mol. The van der Waals surface area contributed by atoms with E-state index in [9.17, 15) is 22.7 Å². The van der Waals surface area contributed by atoms with Crippen LogP contribution in [0.5, 0.6) is 0 Å². The molecule has 0 amide bonds. The number of aryl methyl sites for hydroxylation is 1. The molecule has 1 heterocycles. The van der Waals surface area contributed by atoms with Crippen molar-refractivity contribution in [3.8, 4) is 11.1 Å².